The van der Waals surface area contributed by atoms with Gasteiger partial charge in [0.25, 0.3) is 0 Å². The second-order valence-electron chi connectivity index (χ2n) is 6.10. The molecular formula is C23H25N3OS. The number of nitrogen functional groups attached to an aromatic ring is 2. The van der Waals surface area contributed by atoms with Crippen molar-refractivity contribution in [2.75, 3.05) is 16.8 Å². The van der Waals surface area contributed by atoms with Crippen LogP contribution in [-0.4, -0.2) is 5.91 Å². The van der Waals surface area contributed by atoms with Gasteiger partial charge in [-0.2, -0.15) is 0 Å². The summed E-state index contributed by atoms with van der Waals surface area (Å²) in [6.45, 7) is 2.15. The number of thiol groups is 1. The number of amides is 1. The number of carbonyl (C=O) groups excluding carboxylic acids is 1. The van der Waals surface area contributed by atoms with Crippen molar-refractivity contribution in [2.45, 2.75) is 18.2 Å². The second kappa shape index (κ2) is 10.8. The van der Waals surface area contributed by atoms with Crippen molar-refractivity contribution in [3.8, 4) is 0 Å². The topological polar surface area (TPSA) is 81.1 Å². The van der Waals surface area contributed by atoms with Crippen LogP contribution < -0.4 is 16.8 Å². The van der Waals surface area contributed by atoms with Gasteiger partial charge in [0.1, 0.15) is 0 Å². The Bertz CT molecular complexity index is 919. The van der Waals surface area contributed by atoms with Gasteiger partial charge in [-0.15, -0.1) is 12.6 Å². The summed E-state index contributed by atoms with van der Waals surface area (Å²) < 4.78 is 0. The van der Waals surface area contributed by atoms with Crippen LogP contribution in [0.25, 0.3) is 6.08 Å². The molecule has 0 saturated carbocycles. The molecule has 28 heavy (non-hydrogen) atoms. The number of anilines is 3. The molecule has 0 aromatic heterocycles. The van der Waals surface area contributed by atoms with E-state index in [2.05, 4.69) is 37.0 Å². The van der Waals surface area contributed by atoms with Crippen molar-refractivity contribution in [3.63, 3.8) is 0 Å². The first-order chi connectivity index (χ1) is 13.5. The highest BCUT2D eigenvalue weighted by atomic mass is 32.1. The number of nitrogens with two attached hydrogens (primary N) is 2. The minimum absolute atomic E-state index is 0.227. The van der Waals surface area contributed by atoms with Crippen LogP contribution in [0, 0.1) is 0 Å². The zero-order valence-corrected chi connectivity index (χ0v) is 16.7. The van der Waals surface area contributed by atoms with Gasteiger partial charge in [-0.05, 0) is 60.0 Å². The van der Waals surface area contributed by atoms with E-state index in [-0.39, 0.29) is 5.91 Å². The average Bonchev–Trinajstić information content (AvgIpc) is 2.70. The van der Waals surface area contributed by atoms with Crippen molar-refractivity contribution < 1.29 is 4.79 Å². The Morgan fingerprint density at radius 1 is 0.964 bits per heavy atom. The zero-order valence-electron chi connectivity index (χ0n) is 15.8. The lowest BCUT2D eigenvalue weighted by Crippen LogP contribution is -2.09. The fourth-order valence-corrected chi connectivity index (χ4v) is 2.44. The molecule has 144 valence electrons. The predicted molar refractivity (Wildman–Crippen MR) is 122 cm³/mol. The fraction of sp³-hybridized carbons (Fsp3) is 0.0870. The van der Waals surface area contributed by atoms with Gasteiger partial charge in [0.15, 0.2) is 0 Å². The van der Waals surface area contributed by atoms with Crippen molar-refractivity contribution in [1.82, 2.24) is 0 Å². The summed E-state index contributed by atoms with van der Waals surface area (Å²) in [5.74, 6) is -0.227. The molecular weight excluding hydrogens is 366 g/mol. The van der Waals surface area contributed by atoms with Gasteiger partial charge < -0.3 is 16.8 Å². The van der Waals surface area contributed by atoms with Crippen molar-refractivity contribution in [1.29, 1.82) is 0 Å². The number of benzene rings is 3. The van der Waals surface area contributed by atoms with E-state index in [1.165, 1.54) is 11.6 Å². The van der Waals surface area contributed by atoms with Gasteiger partial charge in [-0.3, -0.25) is 4.79 Å². The summed E-state index contributed by atoms with van der Waals surface area (Å²) in [7, 11) is 0. The molecule has 4 nitrogen and oxygen atoms in total. The molecule has 0 spiro atoms. The normalized spacial score (nSPS) is 10.2. The Kier molecular flexibility index (Phi) is 8.18. The summed E-state index contributed by atoms with van der Waals surface area (Å²) in [4.78, 5) is 12.8. The molecule has 0 radical (unpaired) electrons. The van der Waals surface area contributed by atoms with Crippen LogP contribution in [0.2, 0.25) is 0 Å². The number of nitrogens with one attached hydrogen (secondary N) is 1. The minimum atomic E-state index is -0.227. The Hall–Kier alpha value is -3.18. The van der Waals surface area contributed by atoms with Gasteiger partial charge in [0, 0.05) is 16.7 Å². The molecule has 5 N–H and O–H groups in total. The minimum Gasteiger partial charge on any atom is -0.399 e. The van der Waals surface area contributed by atoms with E-state index in [4.69, 9.17) is 11.5 Å². The fourth-order valence-electron chi connectivity index (χ4n) is 2.30. The SMILES string of the molecule is CCc1ccc(S)cc1.Nc1ccc(/C=C/C(=O)Nc2ccccc2N)cc1. The highest BCUT2D eigenvalue weighted by Crippen LogP contribution is 2.16. The van der Waals surface area contributed by atoms with E-state index in [1.54, 1.807) is 30.3 Å². The lowest BCUT2D eigenvalue weighted by atomic mass is 10.2. The number of hydrogen-bond donors (Lipinski definition) is 4. The van der Waals surface area contributed by atoms with E-state index in [1.807, 2.05) is 36.4 Å². The molecule has 0 atom stereocenters. The Morgan fingerprint density at radius 2 is 1.61 bits per heavy atom. The van der Waals surface area contributed by atoms with E-state index < -0.39 is 0 Å². The second-order valence-corrected chi connectivity index (χ2v) is 6.61. The number of para-hydroxylation sites is 2. The number of rotatable bonds is 4. The highest BCUT2D eigenvalue weighted by Gasteiger charge is 2.00. The summed E-state index contributed by atoms with van der Waals surface area (Å²) >= 11 is 4.17. The highest BCUT2D eigenvalue weighted by molar-refractivity contribution is 7.80. The van der Waals surface area contributed by atoms with Crippen molar-refractivity contribution in [2.24, 2.45) is 0 Å². The third-order valence-electron chi connectivity index (χ3n) is 3.93. The first-order valence-electron chi connectivity index (χ1n) is 8.95. The van der Waals surface area contributed by atoms with Crippen LogP contribution >= 0.6 is 12.6 Å². The van der Waals surface area contributed by atoms with Gasteiger partial charge in [-0.25, -0.2) is 0 Å². The third-order valence-corrected chi connectivity index (χ3v) is 4.23. The maximum absolute atomic E-state index is 11.7. The van der Waals surface area contributed by atoms with E-state index >= 15 is 0 Å². The molecule has 1 amide bonds. The molecule has 3 rings (SSSR count). The molecule has 3 aromatic rings. The molecule has 0 saturated heterocycles. The lowest BCUT2D eigenvalue weighted by molar-refractivity contribution is -0.111. The zero-order chi connectivity index (χ0) is 20.4. The number of carbonyl (C=O) groups is 1. The van der Waals surface area contributed by atoms with Crippen LogP contribution in [0.5, 0.6) is 0 Å². The van der Waals surface area contributed by atoms with E-state index in [0.29, 0.717) is 17.1 Å². The summed E-state index contributed by atoms with van der Waals surface area (Å²) in [5, 5.41) is 2.72. The average molecular weight is 392 g/mol. The summed E-state index contributed by atoms with van der Waals surface area (Å²) in [5.41, 5.74) is 15.4. The van der Waals surface area contributed by atoms with Crippen LogP contribution in [0.1, 0.15) is 18.1 Å². The Morgan fingerprint density at radius 3 is 2.21 bits per heavy atom. The van der Waals surface area contributed by atoms with E-state index in [9.17, 15) is 4.79 Å². The molecule has 5 heteroatoms. The Balaban J connectivity index is 0.000000261. The maximum Gasteiger partial charge on any atom is 0.248 e. The summed E-state index contributed by atoms with van der Waals surface area (Å²) in [6, 6.07) is 22.6. The van der Waals surface area contributed by atoms with E-state index in [0.717, 1.165) is 16.9 Å². The molecule has 0 aliphatic carbocycles. The molecule has 0 bridgehead atoms. The lowest BCUT2D eigenvalue weighted by Gasteiger charge is -2.04. The number of aryl methyl sites for hydroxylation is 1. The monoisotopic (exact) mass is 391 g/mol. The molecule has 0 aliphatic rings. The largest absolute Gasteiger partial charge is 0.399 e. The maximum atomic E-state index is 11.7. The van der Waals surface area contributed by atoms with Gasteiger partial charge >= 0.3 is 0 Å². The first-order valence-corrected chi connectivity index (χ1v) is 9.39. The van der Waals surface area contributed by atoms with Crippen molar-refractivity contribution in [3.05, 3.63) is 90.0 Å². The first kappa shape index (κ1) is 21.1. The van der Waals surface area contributed by atoms with Crippen LogP contribution in [0.4, 0.5) is 17.1 Å². The predicted octanol–water partition coefficient (Wildman–Crippen LogP) is 5.04. The molecule has 0 heterocycles. The molecule has 0 aliphatic heterocycles. The Labute approximate surface area is 171 Å². The number of hydrogen-bond acceptors (Lipinski definition) is 4. The van der Waals surface area contributed by atoms with Crippen molar-refractivity contribution >= 4 is 41.7 Å². The van der Waals surface area contributed by atoms with Gasteiger partial charge in [0.05, 0.1) is 11.4 Å². The molecule has 0 fully saturated rings. The van der Waals surface area contributed by atoms with Gasteiger partial charge in [0.2, 0.25) is 5.91 Å². The van der Waals surface area contributed by atoms with Gasteiger partial charge in [-0.1, -0.05) is 43.3 Å². The van der Waals surface area contributed by atoms with Crippen LogP contribution in [-0.2, 0) is 11.2 Å². The molecule has 0 unspecified atom stereocenters. The molecule has 3 aromatic carbocycles. The smallest absolute Gasteiger partial charge is 0.248 e. The standard InChI is InChI=1S/C15H15N3O.C8H10S/c16-12-8-5-11(6-9-12)7-10-15(19)18-14-4-2-1-3-13(14)17;1-2-7-3-5-8(9)6-4-7/h1-10H,16-17H2,(H,18,19);3-6,9H,2H2,1H3/b10-7+;. The third kappa shape index (κ3) is 7.21. The van der Waals surface area contributed by atoms with Crippen LogP contribution in [0.15, 0.2) is 83.8 Å². The summed E-state index contributed by atoms with van der Waals surface area (Å²) in [6.07, 6.45) is 4.28. The van der Waals surface area contributed by atoms with Crippen LogP contribution in [0.3, 0.4) is 0 Å². The quantitative estimate of drug-likeness (QED) is 0.286.